The van der Waals surface area contributed by atoms with E-state index in [2.05, 4.69) is 37.9 Å². The number of hydrogen-bond donors (Lipinski definition) is 2. The summed E-state index contributed by atoms with van der Waals surface area (Å²) in [4.78, 5) is 3.60. The Balaban J connectivity index is 2.06. The molecule has 0 radical (unpaired) electrons. The highest BCUT2D eigenvalue weighted by atomic mass is 79.9. The second kappa shape index (κ2) is 7.52. The van der Waals surface area contributed by atoms with Gasteiger partial charge in [-0.15, -0.1) is 11.3 Å². The molecule has 1 aromatic heterocycles. The topological polar surface area (TPSA) is 61.4 Å². The van der Waals surface area contributed by atoms with Crippen molar-refractivity contribution in [3.63, 3.8) is 0 Å². The first-order valence-electron chi connectivity index (χ1n) is 7.12. The SMILES string of the molecule is CCNCc1cc(S(=O)(=O)NC2CCN(C)CC2)c(Br)s1. The molecule has 5 nitrogen and oxygen atoms in total. The highest BCUT2D eigenvalue weighted by Crippen LogP contribution is 2.32. The van der Waals surface area contributed by atoms with E-state index in [1.54, 1.807) is 6.07 Å². The molecule has 1 aliphatic rings. The van der Waals surface area contributed by atoms with Crippen LogP contribution in [-0.2, 0) is 16.6 Å². The summed E-state index contributed by atoms with van der Waals surface area (Å²) in [5, 5.41) is 3.21. The normalized spacial score (nSPS) is 18.2. The molecule has 2 N–H and O–H groups in total. The van der Waals surface area contributed by atoms with E-state index >= 15 is 0 Å². The van der Waals surface area contributed by atoms with Crippen LogP contribution in [0.2, 0.25) is 0 Å². The van der Waals surface area contributed by atoms with E-state index in [1.807, 2.05) is 6.92 Å². The predicted molar refractivity (Wildman–Crippen MR) is 90.2 cm³/mol. The molecule has 8 heteroatoms. The van der Waals surface area contributed by atoms with Crippen molar-refractivity contribution in [1.82, 2.24) is 14.9 Å². The van der Waals surface area contributed by atoms with Crippen LogP contribution in [0.25, 0.3) is 0 Å². The van der Waals surface area contributed by atoms with Crippen LogP contribution in [0.1, 0.15) is 24.6 Å². The van der Waals surface area contributed by atoms with Gasteiger partial charge in [0.25, 0.3) is 0 Å². The summed E-state index contributed by atoms with van der Waals surface area (Å²) in [7, 11) is -1.38. The Morgan fingerprint density at radius 1 is 1.43 bits per heavy atom. The number of rotatable bonds is 6. The van der Waals surface area contributed by atoms with Crippen LogP contribution in [0.4, 0.5) is 0 Å². The molecule has 1 saturated heterocycles. The van der Waals surface area contributed by atoms with Gasteiger partial charge in [0.2, 0.25) is 10.0 Å². The lowest BCUT2D eigenvalue weighted by molar-refractivity contribution is 0.248. The first kappa shape index (κ1) is 17.4. The van der Waals surface area contributed by atoms with Gasteiger partial charge in [0.15, 0.2) is 0 Å². The second-order valence-corrected chi connectivity index (χ2v) is 9.47. The fourth-order valence-electron chi connectivity index (χ4n) is 2.33. The molecule has 0 bridgehead atoms. The Labute approximate surface area is 139 Å². The maximum absolute atomic E-state index is 12.5. The van der Waals surface area contributed by atoms with Crippen molar-refractivity contribution in [2.45, 2.75) is 37.2 Å². The summed E-state index contributed by atoms with van der Waals surface area (Å²) in [5.41, 5.74) is 0. The maximum Gasteiger partial charge on any atom is 0.242 e. The van der Waals surface area contributed by atoms with Gasteiger partial charge in [-0.3, -0.25) is 0 Å². The van der Waals surface area contributed by atoms with Crippen molar-refractivity contribution in [3.05, 3.63) is 14.7 Å². The van der Waals surface area contributed by atoms with Gasteiger partial charge in [0.05, 0.1) is 3.79 Å². The van der Waals surface area contributed by atoms with Crippen LogP contribution >= 0.6 is 27.3 Å². The standard InChI is InChI=1S/C13H22BrN3O2S2/c1-3-15-9-11-8-12(13(14)20-11)21(18,19)16-10-4-6-17(2)7-5-10/h8,10,15-16H,3-7,9H2,1-2H3. The molecule has 1 aromatic rings. The molecule has 0 spiro atoms. The quantitative estimate of drug-likeness (QED) is 0.772. The fraction of sp³-hybridized carbons (Fsp3) is 0.692. The number of likely N-dealkylation sites (tertiary alicyclic amines) is 1. The monoisotopic (exact) mass is 395 g/mol. The van der Waals surface area contributed by atoms with E-state index in [4.69, 9.17) is 0 Å². The van der Waals surface area contributed by atoms with Crippen molar-refractivity contribution in [1.29, 1.82) is 0 Å². The van der Waals surface area contributed by atoms with Gasteiger partial charge in [0, 0.05) is 17.5 Å². The van der Waals surface area contributed by atoms with Crippen molar-refractivity contribution < 1.29 is 8.42 Å². The predicted octanol–water partition coefficient (Wildman–Crippen LogP) is 1.99. The van der Waals surface area contributed by atoms with Gasteiger partial charge in [-0.1, -0.05) is 6.92 Å². The fourth-order valence-corrected chi connectivity index (χ4v) is 6.28. The summed E-state index contributed by atoms with van der Waals surface area (Å²) in [6.07, 6.45) is 1.73. The average molecular weight is 396 g/mol. The maximum atomic E-state index is 12.5. The molecule has 21 heavy (non-hydrogen) atoms. The number of piperidine rings is 1. The average Bonchev–Trinajstić information content (AvgIpc) is 2.81. The Morgan fingerprint density at radius 3 is 2.71 bits per heavy atom. The number of halogens is 1. The third-order valence-corrected chi connectivity index (χ3v) is 7.36. The number of sulfonamides is 1. The lowest BCUT2D eigenvalue weighted by Gasteiger charge is -2.29. The van der Waals surface area contributed by atoms with E-state index in [9.17, 15) is 8.42 Å². The van der Waals surface area contributed by atoms with Gasteiger partial charge in [-0.05, 0) is 61.5 Å². The van der Waals surface area contributed by atoms with Gasteiger partial charge in [-0.25, -0.2) is 13.1 Å². The molecule has 0 amide bonds. The van der Waals surface area contributed by atoms with E-state index in [1.165, 1.54) is 11.3 Å². The van der Waals surface area contributed by atoms with E-state index in [-0.39, 0.29) is 6.04 Å². The zero-order valence-electron chi connectivity index (χ0n) is 12.4. The molecule has 0 unspecified atom stereocenters. The Bertz CT molecular complexity index is 566. The molecule has 1 aliphatic heterocycles. The van der Waals surface area contributed by atoms with Gasteiger partial charge in [0.1, 0.15) is 4.90 Å². The molecule has 2 heterocycles. The molecule has 0 aromatic carbocycles. The van der Waals surface area contributed by atoms with Gasteiger partial charge >= 0.3 is 0 Å². The van der Waals surface area contributed by atoms with E-state index in [0.29, 0.717) is 15.2 Å². The number of thiophene rings is 1. The van der Waals surface area contributed by atoms with Crippen LogP contribution < -0.4 is 10.0 Å². The van der Waals surface area contributed by atoms with E-state index in [0.717, 1.165) is 37.4 Å². The first-order valence-corrected chi connectivity index (χ1v) is 10.2. The van der Waals surface area contributed by atoms with Crippen molar-refractivity contribution in [2.24, 2.45) is 0 Å². The van der Waals surface area contributed by atoms with Crippen LogP contribution in [0.3, 0.4) is 0 Å². The van der Waals surface area contributed by atoms with Crippen LogP contribution in [0, 0.1) is 0 Å². The first-order chi connectivity index (χ1) is 9.92. The molecule has 2 rings (SSSR count). The minimum atomic E-state index is -3.45. The highest BCUT2D eigenvalue weighted by molar-refractivity contribution is 9.11. The Kier molecular flexibility index (Phi) is 6.22. The summed E-state index contributed by atoms with van der Waals surface area (Å²) < 4.78 is 28.6. The minimum absolute atomic E-state index is 0.0372. The van der Waals surface area contributed by atoms with Crippen LogP contribution in [0.5, 0.6) is 0 Å². The lowest BCUT2D eigenvalue weighted by Crippen LogP contribution is -2.43. The molecule has 0 saturated carbocycles. The minimum Gasteiger partial charge on any atom is -0.312 e. The highest BCUT2D eigenvalue weighted by Gasteiger charge is 2.26. The molecular formula is C13H22BrN3O2S2. The summed E-state index contributed by atoms with van der Waals surface area (Å²) in [5.74, 6) is 0. The Hall–Kier alpha value is 0.01000. The van der Waals surface area contributed by atoms with Crippen molar-refractivity contribution in [3.8, 4) is 0 Å². The second-order valence-electron chi connectivity index (χ2n) is 5.33. The molecule has 0 atom stereocenters. The number of nitrogens with one attached hydrogen (secondary N) is 2. The molecule has 1 fully saturated rings. The van der Waals surface area contributed by atoms with Crippen LogP contribution in [-0.4, -0.2) is 46.0 Å². The third kappa shape index (κ3) is 4.74. The van der Waals surface area contributed by atoms with E-state index < -0.39 is 10.0 Å². The summed E-state index contributed by atoms with van der Waals surface area (Å²) >= 11 is 4.85. The molecule has 120 valence electrons. The third-order valence-electron chi connectivity index (χ3n) is 3.59. The van der Waals surface area contributed by atoms with Crippen LogP contribution in [0.15, 0.2) is 14.7 Å². The summed E-state index contributed by atoms with van der Waals surface area (Å²) in [6.45, 7) is 5.46. The number of hydrogen-bond acceptors (Lipinski definition) is 5. The van der Waals surface area contributed by atoms with Gasteiger partial charge < -0.3 is 10.2 Å². The molecule has 0 aliphatic carbocycles. The summed E-state index contributed by atoms with van der Waals surface area (Å²) in [6, 6.07) is 1.80. The smallest absolute Gasteiger partial charge is 0.242 e. The van der Waals surface area contributed by atoms with Crippen molar-refractivity contribution in [2.75, 3.05) is 26.7 Å². The largest absolute Gasteiger partial charge is 0.312 e. The zero-order chi connectivity index (χ0) is 15.5. The molecular weight excluding hydrogens is 374 g/mol. The Morgan fingerprint density at radius 2 is 2.10 bits per heavy atom. The lowest BCUT2D eigenvalue weighted by atomic mass is 10.1. The number of nitrogens with zero attached hydrogens (tertiary/aromatic N) is 1. The van der Waals surface area contributed by atoms with Gasteiger partial charge in [-0.2, -0.15) is 0 Å². The van der Waals surface area contributed by atoms with Crippen molar-refractivity contribution >= 4 is 37.3 Å². The zero-order valence-corrected chi connectivity index (χ0v) is 15.6.